The van der Waals surface area contributed by atoms with Crippen molar-refractivity contribution >= 4 is 11.6 Å². The minimum absolute atomic E-state index is 0.114. The molecule has 1 heterocycles. The van der Waals surface area contributed by atoms with E-state index in [-0.39, 0.29) is 11.3 Å². The van der Waals surface area contributed by atoms with Gasteiger partial charge in [-0.15, -0.1) is 0 Å². The maximum atomic E-state index is 12.6. The molecule has 0 radical (unpaired) electrons. The molecule has 0 fully saturated rings. The third-order valence-corrected chi connectivity index (χ3v) is 6.33. The van der Waals surface area contributed by atoms with Crippen molar-refractivity contribution in [2.24, 2.45) is 5.10 Å². The zero-order valence-electron chi connectivity index (χ0n) is 20.1. The fraction of sp³-hybridized carbons (Fsp3) is 0.310. The Bertz CT molecular complexity index is 1140. The second-order valence-electron chi connectivity index (χ2n) is 9.89. The van der Waals surface area contributed by atoms with Crippen molar-refractivity contribution < 1.29 is 4.79 Å². The molecule has 4 nitrogen and oxygen atoms in total. The lowest BCUT2D eigenvalue weighted by molar-refractivity contribution is 0.0955. The number of fused-ring (bicyclic) bond motifs is 1. The predicted octanol–water partition coefficient (Wildman–Crippen LogP) is 5.70. The van der Waals surface area contributed by atoms with Crippen LogP contribution in [0.5, 0.6) is 0 Å². The van der Waals surface area contributed by atoms with E-state index in [0.717, 1.165) is 37.3 Å². The number of nitrogens with one attached hydrogen (secondary N) is 1. The molecule has 0 aliphatic carbocycles. The molecule has 0 saturated heterocycles. The van der Waals surface area contributed by atoms with Crippen LogP contribution in [-0.2, 0) is 24.9 Å². The molecule has 0 spiro atoms. The van der Waals surface area contributed by atoms with Gasteiger partial charge in [0.1, 0.15) is 0 Å². The summed E-state index contributed by atoms with van der Waals surface area (Å²) in [4.78, 5) is 15.0. The summed E-state index contributed by atoms with van der Waals surface area (Å²) in [5, 5.41) is 4.31. The Hall–Kier alpha value is -3.24. The van der Waals surface area contributed by atoms with E-state index in [9.17, 15) is 4.79 Å². The van der Waals surface area contributed by atoms with E-state index < -0.39 is 0 Å². The highest BCUT2D eigenvalue weighted by Gasteiger charge is 2.16. The highest BCUT2D eigenvalue weighted by Crippen LogP contribution is 2.22. The number of hydrazone groups is 1. The second-order valence-corrected chi connectivity index (χ2v) is 9.89. The first-order chi connectivity index (χ1) is 15.8. The minimum atomic E-state index is -0.195. The Morgan fingerprint density at radius 3 is 2.21 bits per heavy atom. The molecule has 170 valence electrons. The van der Waals surface area contributed by atoms with Gasteiger partial charge in [-0.05, 0) is 58.7 Å². The number of nitrogens with zero attached hydrogens (tertiary/aromatic N) is 2. The Labute approximate surface area is 197 Å². The van der Waals surface area contributed by atoms with E-state index in [4.69, 9.17) is 0 Å². The van der Waals surface area contributed by atoms with Crippen LogP contribution in [0.1, 0.15) is 65.9 Å². The molecule has 33 heavy (non-hydrogen) atoms. The van der Waals surface area contributed by atoms with Gasteiger partial charge in [-0.2, -0.15) is 5.10 Å². The molecule has 0 aromatic heterocycles. The Morgan fingerprint density at radius 1 is 0.909 bits per heavy atom. The molecule has 0 atom stereocenters. The molecular weight excluding hydrogens is 406 g/mol. The number of carbonyl (C=O) groups is 1. The van der Waals surface area contributed by atoms with Crippen LogP contribution < -0.4 is 5.43 Å². The van der Waals surface area contributed by atoms with Gasteiger partial charge in [-0.3, -0.25) is 9.69 Å². The van der Waals surface area contributed by atoms with E-state index in [0.29, 0.717) is 5.56 Å². The summed E-state index contributed by atoms with van der Waals surface area (Å²) >= 11 is 0. The lowest BCUT2D eigenvalue weighted by Gasteiger charge is -2.28. The van der Waals surface area contributed by atoms with Crippen LogP contribution in [0.4, 0.5) is 0 Å². The van der Waals surface area contributed by atoms with Crippen molar-refractivity contribution in [2.75, 3.05) is 6.54 Å². The van der Waals surface area contributed by atoms with Gasteiger partial charge in [0.05, 0.1) is 5.71 Å². The van der Waals surface area contributed by atoms with E-state index >= 15 is 0 Å². The van der Waals surface area contributed by atoms with Crippen LogP contribution >= 0.6 is 0 Å². The van der Waals surface area contributed by atoms with Crippen molar-refractivity contribution in [3.05, 3.63) is 106 Å². The number of carbonyl (C=O) groups excluding carboxylic acids is 1. The first-order valence-corrected chi connectivity index (χ1v) is 11.6. The van der Waals surface area contributed by atoms with Crippen LogP contribution in [0.2, 0.25) is 0 Å². The summed E-state index contributed by atoms with van der Waals surface area (Å²) < 4.78 is 0. The Balaban J connectivity index is 1.33. The molecule has 3 aromatic rings. The Kier molecular flexibility index (Phi) is 6.75. The lowest BCUT2D eigenvalue weighted by atomic mass is 9.86. The fourth-order valence-electron chi connectivity index (χ4n) is 4.18. The van der Waals surface area contributed by atoms with Crippen molar-refractivity contribution in [1.82, 2.24) is 10.3 Å². The van der Waals surface area contributed by atoms with Crippen LogP contribution in [0.3, 0.4) is 0 Å². The second kappa shape index (κ2) is 9.72. The van der Waals surface area contributed by atoms with Crippen LogP contribution in [0.15, 0.2) is 77.9 Å². The molecule has 4 heteroatoms. The standard InChI is InChI=1S/C29H33N3O/c1-21(23-13-15-27(16-14-23)29(2,3)4)30-31-28(33)25-11-9-22(10-12-25)19-32-18-17-24-7-5-6-8-26(24)20-32/h5-16H,17-20H2,1-4H3,(H,31,33)/b30-21+. The third-order valence-electron chi connectivity index (χ3n) is 6.33. The summed E-state index contributed by atoms with van der Waals surface area (Å²) in [5.74, 6) is -0.195. The van der Waals surface area contributed by atoms with Crippen LogP contribution in [0, 0.1) is 0 Å². The van der Waals surface area contributed by atoms with Gasteiger partial charge in [0.15, 0.2) is 0 Å². The van der Waals surface area contributed by atoms with Gasteiger partial charge >= 0.3 is 0 Å². The zero-order chi connectivity index (χ0) is 23.4. The number of rotatable bonds is 5. The first kappa shape index (κ1) is 22.9. The molecule has 4 rings (SSSR count). The van der Waals surface area contributed by atoms with Gasteiger partial charge < -0.3 is 0 Å². The topological polar surface area (TPSA) is 44.7 Å². The Morgan fingerprint density at radius 2 is 1.55 bits per heavy atom. The van der Waals surface area contributed by atoms with Gasteiger partial charge in [0, 0.05) is 25.2 Å². The average Bonchev–Trinajstić information content (AvgIpc) is 2.82. The highest BCUT2D eigenvalue weighted by molar-refractivity contribution is 6.00. The number of hydrogen-bond acceptors (Lipinski definition) is 3. The number of amides is 1. The maximum absolute atomic E-state index is 12.6. The summed E-state index contributed by atoms with van der Waals surface area (Å²) in [5.41, 5.74) is 10.6. The third kappa shape index (κ3) is 5.77. The molecule has 3 aromatic carbocycles. The summed E-state index contributed by atoms with van der Waals surface area (Å²) in [6.07, 6.45) is 1.09. The maximum Gasteiger partial charge on any atom is 0.271 e. The zero-order valence-corrected chi connectivity index (χ0v) is 20.1. The normalized spacial score (nSPS) is 14.6. The van der Waals surface area contributed by atoms with E-state index in [1.807, 2.05) is 31.2 Å². The summed E-state index contributed by atoms with van der Waals surface area (Å²) in [7, 11) is 0. The molecule has 0 saturated carbocycles. The molecule has 1 amide bonds. The van der Waals surface area contributed by atoms with E-state index in [1.54, 1.807) is 0 Å². The van der Waals surface area contributed by atoms with Crippen molar-refractivity contribution in [1.29, 1.82) is 0 Å². The molecule has 0 unspecified atom stereocenters. The van der Waals surface area contributed by atoms with Gasteiger partial charge in [0.2, 0.25) is 0 Å². The van der Waals surface area contributed by atoms with Crippen LogP contribution in [-0.4, -0.2) is 23.1 Å². The average molecular weight is 440 g/mol. The number of hydrogen-bond donors (Lipinski definition) is 1. The molecule has 1 N–H and O–H groups in total. The molecule has 1 aliphatic heterocycles. The summed E-state index contributed by atoms with van der Waals surface area (Å²) in [6, 6.07) is 24.9. The van der Waals surface area contributed by atoms with Crippen molar-refractivity contribution in [2.45, 2.75) is 52.6 Å². The molecular formula is C29H33N3O. The largest absolute Gasteiger partial charge is 0.294 e. The molecule has 1 aliphatic rings. The summed E-state index contributed by atoms with van der Waals surface area (Å²) in [6.45, 7) is 11.4. The van der Waals surface area contributed by atoms with E-state index in [1.165, 1.54) is 22.3 Å². The van der Waals surface area contributed by atoms with Gasteiger partial charge in [-0.25, -0.2) is 5.43 Å². The SMILES string of the molecule is C/C(=N\NC(=O)c1ccc(CN2CCc3ccccc3C2)cc1)c1ccc(C(C)(C)C)cc1. The quantitative estimate of drug-likeness (QED) is 0.410. The van der Waals surface area contributed by atoms with Crippen molar-refractivity contribution in [3.8, 4) is 0 Å². The lowest BCUT2D eigenvalue weighted by Crippen LogP contribution is -2.30. The number of benzene rings is 3. The first-order valence-electron chi connectivity index (χ1n) is 11.6. The smallest absolute Gasteiger partial charge is 0.271 e. The van der Waals surface area contributed by atoms with Gasteiger partial charge in [-0.1, -0.05) is 81.4 Å². The van der Waals surface area contributed by atoms with Gasteiger partial charge in [0.25, 0.3) is 5.91 Å². The molecule has 0 bridgehead atoms. The fourth-order valence-corrected chi connectivity index (χ4v) is 4.18. The van der Waals surface area contributed by atoms with E-state index in [2.05, 4.69) is 84.7 Å². The highest BCUT2D eigenvalue weighted by atomic mass is 16.2. The monoisotopic (exact) mass is 439 g/mol. The van der Waals surface area contributed by atoms with Crippen molar-refractivity contribution in [3.63, 3.8) is 0 Å². The minimum Gasteiger partial charge on any atom is -0.294 e. The van der Waals surface area contributed by atoms with Crippen LogP contribution in [0.25, 0.3) is 0 Å². The predicted molar refractivity (Wildman–Crippen MR) is 136 cm³/mol.